The average Bonchev–Trinajstić information content (AvgIpc) is 2.66. The second-order valence-corrected chi connectivity index (χ2v) is 4.38. The van der Waals surface area contributed by atoms with Crippen LogP contribution in [0.4, 0.5) is 0 Å². The van der Waals surface area contributed by atoms with Gasteiger partial charge in [0.2, 0.25) is 0 Å². The standard InChI is InChI=1S/C13H16N2O3/c1-8-4-5-10-12(13(17)18-3)14-11(6-9(2)16)15(10)7-8/h4-5,7,9,16H,6H2,1-3H3. The van der Waals surface area contributed by atoms with Crippen molar-refractivity contribution in [3.8, 4) is 0 Å². The van der Waals surface area contributed by atoms with E-state index < -0.39 is 12.1 Å². The Morgan fingerprint density at radius 1 is 1.56 bits per heavy atom. The van der Waals surface area contributed by atoms with Gasteiger partial charge in [0.15, 0.2) is 5.69 Å². The summed E-state index contributed by atoms with van der Waals surface area (Å²) in [6.45, 7) is 3.65. The number of hydrogen-bond donors (Lipinski definition) is 1. The number of ether oxygens (including phenoxy) is 1. The fourth-order valence-corrected chi connectivity index (χ4v) is 1.91. The van der Waals surface area contributed by atoms with Crippen molar-refractivity contribution < 1.29 is 14.6 Å². The Morgan fingerprint density at radius 2 is 2.28 bits per heavy atom. The van der Waals surface area contributed by atoms with Crippen LogP contribution >= 0.6 is 0 Å². The number of hydrogen-bond acceptors (Lipinski definition) is 4. The lowest BCUT2D eigenvalue weighted by atomic mass is 10.2. The van der Waals surface area contributed by atoms with Crippen LogP contribution in [0.5, 0.6) is 0 Å². The molecule has 1 unspecified atom stereocenters. The number of aliphatic hydroxyl groups is 1. The molecule has 0 saturated heterocycles. The highest BCUT2D eigenvalue weighted by molar-refractivity contribution is 5.95. The predicted octanol–water partition coefficient (Wildman–Crippen LogP) is 1.35. The Labute approximate surface area is 105 Å². The van der Waals surface area contributed by atoms with Crippen LogP contribution in [0.2, 0.25) is 0 Å². The maximum absolute atomic E-state index is 11.7. The van der Waals surface area contributed by atoms with Crippen molar-refractivity contribution >= 4 is 11.5 Å². The number of fused-ring (bicyclic) bond motifs is 1. The first-order valence-corrected chi connectivity index (χ1v) is 5.77. The van der Waals surface area contributed by atoms with Crippen LogP contribution in [0.15, 0.2) is 18.3 Å². The SMILES string of the molecule is COC(=O)c1nc(CC(C)O)n2cc(C)ccc12. The minimum Gasteiger partial charge on any atom is -0.464 e. The number of rotatable bonds is 3. The predicted molar refractivity (Wildman–Crippen MR) is 66.7 cm³/mol. The lowest BCUT2D eigenvalue weighted by Gasteiger charge is -2.04. The number of imidazole rings is 1. The number of aliphatic hydroxyl groups excluding tert-OH is 1. The maximum Gasteiger partial charge on any atom is 0.358 e. The molecular formula is C13H16N2O3. The van der Waals surface area contributed by atoms with Crippen molar-refractivity contribution in [3.05, 3.63) is 35.4 Å². The van der Waals surface area contributed by atoms with E-state index in [1.54, 1.807) is 6.92 Å². The topological polar surface area (TPSA) is 63.8 Å². The Kier molecular flexibility index (Phi) is 3.34. The molecule has 18 heavy (non-hydrogen) atoms. The van der Waals surface area contributed by atoms with Gasteiger partial charge in [0.1, 0.15) is 5.82 Å². The summed E-state index contributed by atoms with van der Waals surface area (Å²) in [5.41, 5.74) is 2.04. The van der Waals surface area contributed by atoms with Gasteiger partial charge in [-0.1, -0.05) is 6.07 Å². The van der Waals surface area contributed by atoms with Gasteiger partial charge in [-0.2, -0.15) is 0 Å². The van der Waals surface area contributed by atoms with Crippen LogP contribution in [0.25, 0.3) is 5.52 Å². The van der Waals surface area contributed by atoms with E-state index in [-0.39, 0.29) is 5.69 Å². The fourth-order valence-electron chi connectivity index (χ4n) is 1.91. The number of carbonyl (C=O) groups excluding carboxylic acids is 1. The molecule has 0 fully saturated rings. The first kappa shape index (κ1) is 12.6. The van der Waals surface area contributed by atoms with E-state index in [9.17, 15) is 9.90 Å². The number of nitrogens with zero attached hydrogens (tertiary/aromatic N) is 2. The summed E-state index contributed by atoms with van der Waals surface area (Å²) in [6, 6.07) is 3.75. The normalized spacial score (nSPS) is 12.7. The summed E-state index contributed by atoms with van der Waals surface area (Å²) < 4.78 is 6.54. The van der Waals surface area contributed by atoms with Crippen molar-refractivity contribution in [1.82, 2.24) is 9.38 Å². The highest BCUT2D eigenvalue weighted by atomic mass is 16.5. The van der Waals surface area contributed by atoms with E-state index in [0.29, 0.717) is 17.8 Å². The third-order valence-electron chi connectivity index (χ3n) is 2.71. The summed E-state index contributed by atoms with van der Waals surface area (Å²) in [5.74, 6) is 0.192. The van der Waals surface area contributed by atoms with Gasteiger partial charge < -0.3 is 14.2 Å². The summed E-state index contributed by atoms with van der Waals surface area (Å²) in [6.07, 6.45) is 1.77. The summed E-state index contributed by atoms with van der Waals surface area (Å²) >= 11 is 0. The molecule has 2 aromatic rings. The van der Waals surface area contributed by atoms with E-state index >= 15 is 0 Å². The van der Waals surface area contributed by atoms with Gasteiger partial charge in [-0.15, -0.1) is 0 Å². The molecule has 0 radical (unpaired) electrons. The van der Waals surface area contributed by atoms with Gasteiger partial charge in [0, 0.05) is 12.6 Å². The Hall–Kier alpha value is -1.88. The number of pyridine rings is 1. The highest BCUT2D eigenvalue weighted by Crippen LogP contribution is 2.16. The van der Waals surface area contributed by atoms with Crippen LogP contribution in [-0.2, 0) is 11.2 Å². The minimum atomic E-state index is -0.512. The molecule has 1 N–H and O–H groups in total. The zero-order valence-electron chi connectivity index (χ0n) is 10.7. The first-order chi connectivity index (χ1) is 8.52. The van der Waals surface area contributed by atoms with E-state index in [2.05, 4.69) is 4.98 Å². The van der Waals surface area contributed by atoms with Crippen molar-refractivity contribution in [3.63, 3.8) is 0 Å². The minimum absolute atomic E-state index is 0.285. The van der Waals surface area contributed by atoms with Crippen molar-refractivity contribution in [2.75, 3.05) is 7.11 Å². The van der Waals surface area contributed by atoms with Gasteiger partial charge in [0.05, 0.1) is 18.7 Å². The molecule has 1 atom stereocenters. The lowest BCUT2D eigenvalue weighted by Crippen LogP contribution is -2.08. The second kappa shape index (κ2) is 4.78. The van der Waals surface area contributed by atoms with Gasteiger partial charge in [-0.05, 0) is 25.5 Å². The molecule has 2 aromatic heterocycles. The Morgan fingerprint density at radius 3 is 2.89 bits per heavy atom. The molecule has 96 valence electrons. The first-order valence-electron chi connectivity index (χ1n) is 5.77. The molecule has 0 saturated carbocycles. The van der Waals surface area contributed by atoms with Crippen molar-refractivity contribution in [1.29, 1.82) is 0 Å². The molecule has 0 aliphatic carbocycles. The number of aromatic nitrogens is 2. The fraction of sp³-hybridized carbons (Fsp3) is 0.385. The summed E-state index contributed by atoms with van der Waals surface area (Å²) in [7, 11) is 1.33. The number of carbonyl (C=O) groups is 1. The van der Waals surface area contributed by atoms with Gasteiger partial charge >= 0.3 is 5.97 Å². The van der Waals surface area contributed by atoms with E-state index in [0.717, 1.165) is 5.56 Å². The molecule has 0 aliphatic rings. The van der Waals surface area contributed by atoms with Crippen LogP contribution in [0.3, 0.4) is 0 Å². The largest absolute Gasteiger partial charge is 0.464 e. The maximum atomic E-state index is 11.7. The third kappa shape index (κ3) is 2.22. The quantitative estimate of drug-likeness (QED) is 0.833. The number of esters is 1. The van der Waals surface area contributed by atoms with Crippen LogP contribution in [-0.4, -0.2) is 33.7 Å². The molecule has 0 amide bonds. The van der Waals surface area contributed by atoms with Gasteiger partial charge in [-0.3, -0.25) is 0 Å². The van der Waals surface area contributed by atoms with Crippen LogP contribution in [0, 0.1) is 6.92 Å². The molecule has 5 nitrogen and oxygen atoms in total. The lowest BCUT2D eigenvalue weighted by molar-refractivity contribution is 0.0596. The molecule has 0 aromatic carbocycles. The second-order valence-electron chi connectivity index (χ2n) is 4.38. The average molecular weight is 248 g/mol. The zero-order valence-corrected chi connectivity index (χ0v) is 10.7. The van der Waals surface area contributed by atoms with Gasteiger partial charge in [-0.25, -0.2) is 9.78 Å². The van der Waals surface area contributed by atoms with E-state index in [4.69, 9.17) is 4.74 Å². The number of aryl methyl sites for hydroxylation is 1. The third-order valence-corrected chi connectivity index (χ3v) is 2.71. The highest BCUT2D eigenvalue weighted by Gasteiger charge is 2.18. The van der Waals surface area contributed by atoms with E-state index in [1.165, 1.54) is 7.11 Å². The molecular weight excluding hydrogens is 232 g/mol. The Balaban J connectivity index is 2.63. The molecule has 5 heteroatoms. The Bertz CT molecular complexity index is 587. The van der Waals surface area contributed by atoms with Crippen molar-refractivity contribution in [2.24, 2.45) is 0 Å². The zero-order chi connectivity index (χ0) is 13.3. The molecule has 0 aliphatic heterocycles. The summed E-state index contributed by atoms with van der Waals surface area (Å²) in [4.78, 5) is 15.9. The monoisotopic (exact) mass is 248 g/mol. The molecule has 2 heterocycles. The molecule has 0 bridgehead atoms. The molecule has 0 spiro atoms. The van der Waals surface area contributed by atoms with Crippen LogP contribution < -0.4 is 0 Å². The van der Waals surface area contributed by atoms with E-state index in [1.807, 2.05) is 29.7 Å². The summed E-state index contributed by atoms with van der Waals surface area (Å²) in [5, 5.41) is 9.47. The number of methoxy groups -OCH3 is 1. The van der Waals surface area contributed by atoms with Gasteiger partial charge in [0.25, 0.3) is 0 Å². The van der Waals surface area contributed by atoms with Crippen LogP contribution in [0.1, 0.15) is 28.8 Å². The smallest absolute Gasteiger partial charge is 0.358 e. The van der Waals surface area contributed by atoms with Crippen molar-refractivity contribution in [2.45, 2.75) is 26.4 Å². The molecule has 2 rings (SSSR count).